The van der Waals surface area contributed by atoms with E-state index < -0.39 is 0 Å². The lowest BCUT2D eigenvalue weighted by molar-refractivity contribution is -0.116. The second-order valence-corrected chi connectivity index (χ2v) is 9.06. The first-order chi connectivity index (χ1) is 13.9. The highest BCUT2D eigenvalue weighted by atomic mass is 127. The minimum Gasteiger partial charge on any atom is -0.324 e. The van der Waals surface area contributed by atoms with E-state index in [2.05, 4.69) is 32.9 Å². The molecule has 5 nitrogen and oxygen atoms in total. The number of benzene rings is 2. The van der Waals surface area contributed by atoms with Crippen LogP contribution in [-0.4, -0.2) is 15.5 Å². The normalized spacial score (nSPS) is 11.0. The number of nitrogens with one attached hydrogen (secondary N) is 1. The van der Waals surface area contributed by atoms with Crippen molar-refractivity contribution >= 4 is 67.3 Å². The van der Waals surface area contributed by atoms with E-state index in [1.807, 2.05) is 42.6 Å². The van der Waals surface area contributed by atoms with E-state index in [9.17, 15) is 9.59 Å². The number of anilines is 1. The lowest BCUT2D eigenvalue weighted by Gasteiger charge is -2.10. The number of hydrogen-bond acceptors (Lipinski definition) is 4. The van der Waals surface area contributed by atoms with Crippen LogP contribution < -0.4 is 10.9 Å². The van der Waals surface area contributed by atoms with Crippen molar-refractivity contribution in [3.05, 3.63) is 78.7 Å². The summed E-state index contributed by atoms with van der Waals surface area (Å²) in [6.07, 6.45) is 1.42. The van der Waals surface area contributed by atoms with Crippen LogP contribution in [0.3, 0.4) is 0 Å². The zero-order chi connectivity index (χ0) is 20.5. The molecule has 2 aromatic carbocycles. The molecule has 4 aromatic rings. The standard InChI is InChI=1S/C21H15ClIN3O2S/c1-12-8-15(23)6-7-17(12)25-18(27)9-26-11-24-20-19(21(26)28)16(10-29-20)13-2-4-14(22)5-3-13/h2-8,10-11H,9H2,1H3,(H,25,27). The number of carbonyl (C=O) groups excluding carboxylic acids is 1. The maximum absolute atomic E-state index is 13.1. The van der Waals surface area contributed by atoms with E-state index in [0.717, 1.165) is 25.9 Å². The number of aryl methyl sites for hydroxylation is 1. The molecule has 1 N–H and O–H groups in total. The van der Waals surface area contributed by atoms with Gasteiger partial charge >= 0.3 is 0 Å². The molecule has 0 spiro atoms. The zero-order valence-electron chi connectivity index (χ0n) is 15.3. The van der Waals surface area contributed by atoms with Gasteiger partial charge in [-0.25, -0.2) is 4.98 Å². The second-order valence-electron chi connectivity index (χ2n) is 6.52. The van der Waals surface area contributed by atoms with E-state index >= 15 is 0 Å². The van der Waals surface area contributed by atoms with Gasteiger partial charge in [-0.1, -0.05) is 23.7 Å². The lowest BCUT2D eigenvalue weighted by atomic mass is 10.1. The average Bonchev–Trinajstić information content (AvgIpc) is 3.12. The van der Waals surface area contributed by atoms with Crippen molar-refractivity contribution in [2.24, 2.45) is 0 Å². The van der Waals surface area contributed by atoms with Crippen molar-refractivity contribution in [1.29, 1.82) is 0 Å². The van der Waals surface area contributed by atoms with Crippen molar-refractivity contribution < 1.29 is 4.79 Å². The number of halogens is 2. The van der Waals surface area contributed by atoms with E-state index in [1.165, 1.54) is 22.2 Å². The molecule has 0 bridgehead atoms. The molecule has 0 aliphatic heterocycles. The SMILES string of the molecule is Cc1cc(I)ccc1NC(=O)Cn1cnc2scc(-c3ccc(Cl)cc3)c2c1=O. The summed E-state index contributed by atoms with van der Waals surface area (Å²) in [6, 6.07) is 13.1. The smallest absolute Gasteiger partial charge is 0.263 e. The number of fused-ring (bicyclic) bond motifs is 1. The van der Waals surface area contributed by atoms with Crippen LogP contribution in [0, 0.1) is 10.5 Å². The number of carbonyl (C=O) groups is 1. The van der Waals surface area contributed by atoms with Crippen LogP contribution in [0.25, 0.3) is 21.3 Å². The largest absolute Gasteiger partial charge is 0.324 e. The van der Waals surface area contributed by atoms with E-state index in [4.69, 9.17) is 11.6 Å². The minimum absolute atomic E-state index is 0.108. The van der Waals surface area contributed by atoms with Gasteiger partial charge in [0.25, 0.3) is 5.56 Å². The summed E-state index contributed by atoms with van der Waals surface area (Å²) in [5.74, 6) is -0.277. The van der Waals surface area contributed by atoms with E-state index in [0.29, 0.717) is 15.2 Å². The van der Waals surface area contributed by atoms with Crippen molar-refractivity contribution in [3.63, 3.8) is 0 Å². The van der Waals surface area contributed by atoms with Gasteiger partial charge in [-0.3, -0.25) is 14.2 Å². The molecule has 0 radical (unpaired) electrons. The predicted molar refractivity (Wildman–Crippen MR) is 127 cm³/mol. The number of nitrogens with zero attached hydrogens (tertiary/aromatic N) is 2. The molecule has 2 heterocycles. The first-order valence-corrected chi connectivity index (χ1v) is 11.0. The fourth-order valence-corrected chi connectivity index (χ4v) is 4.71. The third-order valence-corrected chi connectivity index (χ3v) is 6.30. The van der Waals surface area contributed by atoms with Crippen LogP contribution in [0.4, 0.5) is 5.69 Å². The number of rotatable bonds is 4. The predicted octanol–water partition coefficient (Wildman–Crippen LogP) is 5.33. The summed E-state index contributed by atoms with van der Waals surface area (Å²) in [7, 11) is 0. The van der Waals surface area contributed by atoms with E-state index in [-0.39, 0.29) is 18.0 Å². The monoisotopic (exact) mass is 535 g/mol. The summed E-state index contributed by atoms with van der Waals surface area (Å²) < 4.78 is 2.43. The van der Waals surface area contributed by atoms with Crippen LogP contribution >= 0.6 is 45.5 Å². The van der Waals surface area contributed by atoms with Gasteiger partial charge in [0.1, 0.15) is 11.4 Å². The van der Waals surface area contributed by atoms with Gasteiger partial charge in [-0.15, -0.1) is 11.3 Å². The molecule has 0 unspecified atom stereocenters. The quantitative estimate of drug-likeness (QED) is 0.359. The molecule has 4 rings (SSSR count). The van der Waals surface area contributed by atoms with Gasteiger partial charge in [0.2, 0.25) is 5.91 Å². The third kappa shape index (κ3) is 4.22. The molecule has 1 amide bonds. The topological polar surface area (TPSA) is 64.0 Å². The molecule has 0 aliphatic rings. The summed E-state index contributed by atoms with van der Waals surface area (Å²) in [5.41, 5.74) is 3.14. The summed E-state index contributed by atoms with van der Waals surface area (Å²) in [6.45, 7) is 1.82. The minimum atomic E-state index is -0.277. The fourth-order valence-electron chi connectivity index (χ4n) is 3.03. The number of hydrogen-bond donors (Lipinski definition) is 1. The van der Waals surface area contributed by atoms with Crippen LogP contribution in [0.2, 0.25) is 5.02 Å². The Morgan fingerprint density at radius 1 is 1.24 bits per heavy atom. The second kappa shape index (κ2) is 8.25. The van der Waals surface area contributed by atoms with Crippen molar-refractivity contribution in [2.75, 3.05) is 5.32 Å². The molecule has 146 valence electrons. The fraction of sp³-hybridized carbons (Fsp3) is 0.0952. The van der Waals surface area contributed by atoms with Gasteiger partial charge in [0.05, 0.1) is 11.7 Å². The first kappa shape index (κ1) is 20.1. The Kier molecular flexibility index (Phi) is 5.71. The summed E-state index contributed by atoms with van der Waals surface area (Å²) >= 11 is 9.60. The number of amides is 1. The van der Waals surface area contributed by atoms with E-state index in [1.54, 1.807) is 12.1 Å². The summed E-state index contributed by atoms with van der Waals surface area (Å²) in [5, 5.41) is 5.91. The maximum Gasteiger partial charge on any atom is 0.263 e. The Labute approximate surface area is 189 Å². The van der Waals surface area contributed by atoms with Crippen molar-refractivity contribution in [3.8, 4) is 11.1 Å². The Morgan fingerprint density at radius 2 is 2.00 bits per heavy atom. The van der Waals surface area contributed by atoms with Crippen LogP contribution in [-0.2, 0) is 11.3 Å². The Morgan fingerprint density at radius 3 is 2.72 bits per heavy atom. The molecular weight excluding hydrogens is 521 g/mol. The first-order valence-electron chi connectivity index (χ1n) is 8.71. The van der Waals surface area contributed by atoms with Crippen LogP contribution in [0.15, 0.2) is 59.0 Å². The summed E-state index contributed by atoms with van der Waals surface area (Å²) in [4.78, 5) is 30.6. The molecule has 0 saturated carbocycles. The number of aromatic nitrogens is 2. The Hall–Kier alpha value is -2.23. The Bertz CT molecular complexity index is 1280. The van der Waals surface area contributed by atoms with Gasteiger partial charge in [0.15, 0.2) is 0 Å². The lowest BCUT2D eigenvalue weighted by Crippen LogP contribution is -2.28. The van der Waals surface area contributed by atoms with Crippen LogP contribution in [0.1, 0.15) is 5.56 Å². The molecule has 2 aromatic heterocycles. The molecule has 0 fully saturated rings. The van der Waals surface area contributed by atoms with Crippen LogP contribution in [0.5, 0.6) is 0 Å². The molecule has 0 aliphatic carbocycles. The zero-order valence-corrected chi connectivity index (χ0v) is 19.0. The molecule has 29 heavy (non-hydrogen) atoms. The highest BCUT2D eigenvalue weighted by molar-refractivity contribution is 14.1. The highest BCUT2D eigenvalue weighted by Crippen LogP contribution is 2.31. The van der Waals surface area contributed by atoms with Crippen molar-refractivity contribution in [2.45, 2.75) is 13.5 Å². The van der Waals surface area contributed by atoms with Crippen molar-refractivity contribution in [1.82, 2.24) is 9.55 Å². The van der Waals surface area contributed by atoms with Gasteiger partial charge in [0, 0.05) is 25.2 Å². The molecule has 0 atom stereocenters. The maximum atomic E-state index is 13.1. The van der Waals surface area contributed by atoms with Gasteiger partial charge < -0.3 is 5.32 Å². The third-order valence-electron chi connectivity index (χ3n) is 4.49. The average molecular weight is 536 g/mol. The molecular formula is C21H15ClIN3O2S. The molecule has 0 saturated heterocycles. The Balaban J connectivity index is 1.65. The highest BCUT2D eigenvalue weighted by Gasteiger charge is 2.15. The van der Waals surface area contributed by atoms with Gasteiger partial charge in [-0.05, 0) is 71.0 Å². The van der Waals surface area contributed by atoms with Gasteiger partial charge in [-0.2, -0.15) is 0 Å². The number of thiophene rings is 1. The molecule has 8 heteroatoms.